The Kier molecular flexibility index (Phi) is 7.74. The molecule has 0 radical (unpaired) electrons. The van der Waals surface area contributed by atoms with E-state index in [1.54, 1.807) is 0 Å². The van der Waals surface area contributed by atoms with E-state index in [0.29, 0.717) is 10.9 Å². The van der Waals surface area contributed by atoms with Crippen molar-refractivity contribution < 1.29 is 28.9 Å². The van der Waals surface area contributed by atoms with Gasteiger partial charge < -0.3 is 0 Å². The number of benzene rings is 2. The van der Waals surface area contributed by atoms with Crippen LogP contribution in [0, 0.1) is 10.2 Å². The van der Waals surface area contributed by atoms with Crippen LogP contribution in [0.4, 0.5) is 0 Å². The maximum absolute atomic E-state index is 8.49. The van der Waals surface area contributed by atoms with Crippen molar-refractivity contribution in [2.75, 3.05) is 6.26 Å². The molecule has 0 amide bonds. The van der Waals surface area contributed by atoms with Crippen LogP contribution in [0.5, 0.6) is 0 Å². The minimum absolute atomic E-state index is 0.428. The monoisotopic (exact) mass is 328 g/mol. The van der Waals surface area contributed by atoms with Crippen molar-refractivity contribution in [3.05, 3.63) is 71.8 Å². The molecule has 2 aromatic carbocycles. The Morgan fingerprint density at radius 1 is 0.714 bits per heavy atom. The molecule has 0 saturated heterocycles. The highest BCUT2D eigenvalue weighted by molar-refractivity contribution is 7.94. The van der Waals surface area contributed by atoms with Gasteiger partial charge in [0.1, 0.15) is 11.5 Å². The molecular formula is C15H17ClO4S. The van der Waals surface area contributed by atoms with E-state index in [1.807, 2.05) is 0 Å². The van der Waals surface area contributed by atoms with Gasteiger partial charge >= 0.3 is 0 Å². The highest BCUT2D eigenvalue weighted by Crippen LogP contribution is 2.12. The average molecular weight is 329 g/mol. The van der Waals surface area contributed by atoms with E-state index in [2.05, 4.69) is 66.9 Å². The number of halogens is 1. The molecule has 0 aromatic heterocycles. The summed E-state index contributed by atoms with van der Waals surface area (Å²) in [6.45, 7) is 0. The molecule has 21 heavy (non-hydrogen) atoms. The molecule has 0 heterocycles. The molecule has 6 heteroatoms. The molecule has 2 rings (SSSR count). The summed E-state index contributed by atoms with van der Waals surface area (Å²) in [7, 11) is -4.52. The molecule has 0 aliphatic heterocycles. The van der Waals surface area contributed by atoms with Crippen molar-refractivity contribution in [2.24, 2.45) is 0 Å². The lowest BCUT2D eigenvalue weighted by molar-refractivity contribution is -2.00. The third-order valence-corrected chi connectivity index (χ3v) is 4.16. The van der Waals surface area contributed by atoms with E-state index in [-0.39, 0.29) is 0 Å². The molecule has 2 aromatic rings. The van der Waals surface area contributed by atoms with Gasteiger partial charge in [-0.2, -0.15) is 0 Å². The summed E-state index contributed by atoms with van der Waals surface area (Å²) in [6.07, 6.45) is 2.35. The van der Waals surface area contributed by atoms with E-state index in [0.717, 1.165) is 0 Å². The van der Waals surface area contributed by atoms with Gasteiger partial charge in [0, 0.05) is 11.1 Å². The SMILES string of the molecule is C[S+](Cc1ccccc1)Cc1ccccc1.[O-][Cl+3]([O-])([O-])[O-]. The normalized spacial score (nSPS) is 11.0. The molecule has 0 bridgehead atoms. The second-order valence-electron chi connectivity index (χ2n) is 4.42. The molecule has 0 saturated carbocycles. The second kappa shape index (κ2) is 9.04. The lowest BCUT2D eigenvalue weighted by Crippen LogP contribution is -2.68. The van der Waals surface area contributed by atoms with Gasteiger partial charge in [-0.1, -0.05) is 60.7 Å². The maximum atomic E-state index is 8.49. The van der Waals surface area contributed by atoms with E-state index >= 15 is 0 Å². The highest BCUT2D eigenvalue weighted by Gasteiger charge is 2.12. The van der Waals surface area contributed by atoms with Crippen LogP contribution in [0.25, 0.3) is 0 Å². The molecule has 0 atom stereocenters. The van der Waals surface area contributed by atoms with Crippen LogP contribution in [0.15, 0.2) is 60.7 Å². The van der Waals surface area contributed by atoms with Crippen LogP contribution in [0.1, 0.15) is 11.1 Å². The standard InChI is InChI=1S/C15H17S.ClHO4/c1-16(12-14-8-4-2-5-9-14)13-15-10-6-3-7-11-15;2-1(3,4)5/h2-11H,12-13H2,1H3;(H,2,3,4,5)/q+1;/p-1. The zero-order valence-electron chi connectivity index (χ0n) is 11.6. The van der Waals surface area contributed by atoms with Crippen molar-refractivity contribution in [3.8, 4) is 0 Å². The maximum Gasteiger partial charge on any atom is 0.133 e. The molecule has 0 spiro atoms. The summed E-state index contributed by atoms with van der Waals surface area (Å²) in [5, 5.41) is 0. The molecule has 0 fully saturated rings. The zero-order valence-corrected chi connectivity index (χ0v) is 13.2. The largest absolute Gasteiger partial charge is 0.222 e. The molecule has 114 valence electrons. The Morgan fingerprint density at radius 3 is 1.29 bits per heavy atom. The van der Waals surface area contributed by atoms with Gasteiger partial charge in [0.05, 0.1) is 6.26 Å². The van der Waals surface area contributed by atoms with Crippen LogP contribution >= 0.6 is 0 Å². The summed E-state index contributed by atoms with van der Waals surface area (Å²) in [5.41, 5.74) is 2.90. The predicted octanol–water partition coefficient (Wildman–Crippen LogP) is -1.12. The molecule has 0 aliphatic rings. The van der Waals surface area contributed by atoms with Gasteiger partial charge in [-0.05, 0) is 10.9 Å². The van der Waals surface area contributed by atoms with Crippen LogP contribution in [0.2, 0.25) is 0 Å². The minimum atomic E-state index is -4.94. The van der Waals surface area contributed by atoms with Gasteiger partial charge in [-0.25, -0.2) is 18.6 Å². The fourth-order valence-electron chi connectivity index (χ4n) is 1.77. The second-order valence-corrected chi connectivity index (χ2v) is 7.32. The molecule has 0 N–H and O–H groups in total. The zero-order chi connectivity index (χ0) is 15.7. The Morgan fingerprint density at radius 2 is 1.00 bits per heavy atom. The summed E-state index contributed by atoms with van der Waals surface area (Å²) in [5.74, 6) is 2.38. The fraction of sp³-hybridized carbons (Fsp3) is 0.200. The van der Waals surface area contributed by atoms with Crippen LogP contribution in [0.3, 0.4) is 0 Å². The lowest BCUT2D eigenvalue weighted by atomic mass is 10.2. The summed E-state index contributed by atoms with van der Waals surface area (Å²) in [6, 6.07) is 21.5. The van der Waals surface area contributed by atoms with Crippen LogP contribution in [-0.4, -0.2) is 6.26 Å². The first-order valence-electron chi connectivity index (χ1n) is 6.13. The summed E-state index contributed by atoms with van der Waals surface area (Å²) >= 11 is 0. The number of hydrogen-bond donors (Lipinski definition) is 0. The van der Waals surface area contributed by atoms with Crippen LogP contribution < -0.4 is 18.6 Å². The first kappa shape index (κ1) is 18.0. The molecule has 4 nitrogen and oxygen atoms in total. The molecule has 0 aliphatic carbocycles. The highest BCUT2D eigenvalue weighted by atomic mass is 35.7. The van der Waals surface area contributed by atoms with Gasteiger partial charge in [0.2, 0.25) is 0 Å². The Hall–Kier alpha value is -1.08. The van der Waals surface area contributed by atoms with Crippen molar-refractivity contribution in [1.29, 1.82) is 0 Å². The number of rotatable bonds is 4. The molecular weight excluding hydrogens is 312 g/mol. The van der Waals surface area contributed by atoms with Gasteiger partial charge in [-0.15, -0.1) is 10.2 Å². The number of hydrogen-bond acceptors (Lipinski definition) is 4. The quantitative estimate of drug-likeness (QED) is 0.665. The van der Waals surface area contributed by atoms with E-state index in [9.17, 15) is 0 Å². The summed E-state index contributed by atoms with van der Waals surface area (Å²) < 4.78 is 34.0. The lowest BCUT2D eigenvalue weighted by Gasteiger charge is -2.17. The first-order valence-corrected chi connectivity index (χ1v) is 9.34. The van der Waals surface area contributed by atoms with E-state index in [4.69, 9.17) is 18.6 Å². The minimum Gasteiger partial charge on any atom is -0.222 e. The van der Waals surface area contributed by atoms with Crippen molar-refractivity contribution in [1.82, 2.24) is 0 Å². The van der Waals surface area contributed by atoms with Crippen LogP contribution in [-0.2, 0) is 22.4 Å². The van der Waals surface area contributed by atoms with E-state index < -0.39 is 10.2 Å². The topological polar surface area (TPSA) is 92.2 Å². The Labute approximate surface area is 129 Å². The first-order chi connectivity index (χ1) is 9.84. The van der Waals surface area contributed by atoms with Gasteiger partial charge in [0.15, 0.2) is 0 Å². The average Bonchev–Trinajstić information content (AvgIpc) is 2.39. The van der Waals surface area contributed by atoms with Crippen molar-refractivity contribution in [2.45, 2.75) is 11.5 Å². The van der Waals surface area contributed by atoms with Crippen molar-refractivity contribution >= 4 is 10.9 Å². The van der Waals surface area contributed by atoms with Gasteiger partial charge in [0.25, 0.3) is 0 Å². The third kappa shape index (κ3) is 10.3. The van der Waals surface area contributed by atoms with E-state index in [1.165, 1.54) is 22.6 Å². The Bertz CT molecular complexity index is 455. The predicted molar refractivity (Wildman–Crippen MR) is 73.6 cm³/mol. The Balaban J connectivity index is 0.000000383. The van der Waals surface area contributed by atoms with Gasteiger partial charge in [-0.3, -0.25) is 0 Å². The molecule has 0 unspecified atom stereocenters. The summed E-state index contributed by atoms with van der Waals surface area (Å²) in [4.78, 5) is 0. The smallest absolute Gasteiger partial charge is 0.133 e. The van der Waals surface area contributed by atoms with Crippen molar-refractivity contribution in [3.63, 3.8) is 0 Å². The third-order valence-electron chi connectivity index (χ3n) is 2.51. The fourth-order valence-corrected chi connectivity index (χ4v) is 3.39.